The van der Waals surface area contributed by atoms with Crippen molar-refractivity contribution in [3.8, 4) is 0 Å². The van der Waals surface area contributed by atoms with Crippen LogP contribution in [0.2, 0.25) is 0 Å². The fraction of sp³-hybridized carbons (Fsp3) is 0.250. The predicted molar refractivity (Wildman–Crippen MR) is 36.1 cm³/mol. The molecule has 72 valence electrons. The minimum Gasteiger partial charge on any atom is -0.207 e. The lowest BCUT2D eigenvalue weighted by Crippen LogP contribution is -2.11. The monoisotopic (exact) mass is 196 g/mol. The Balaban J connectivity index is 3.43. The highest BCUT2D eigenvalue weighted by molar-refractivity contribution is 5.31. The largest absolute Gasteiger partial charge is 0.419 e. The molecule has 0 unspecified atom stereocenters. The fourth-order valence-electron chi connectivity index (χ4n) is 1.00. The van der Waals surface area contributed by atoms with Crippen molar-refractivity contribution in [3.05, 3.63) is 34.9 Å². The van der Waals surface area contributed by atoms with E-state index < -0.39 is 28.9 Å². The van der Waals surface area contributed by atoms with Crippen molar-refractivity contribution in [2.24, 2.45) is 0 Å². The third kappa shape index (κ3) is 1.79. The maximum absolute atomic E-state index is 12.6. The minimum atomic E-state index is -4.85. The summed E-state index contributed by atoms with van der Waals surface area (Å²) in [5.41, 5.74) is -2.25. The van der Waals surface area contributed by atoms with Gasteiger partial charge in [-0.3, -0.25) is 0 Å². The van der Waals surface area contributed by atoms with E-state index in [1.165, 1.54) is 0 Å². The summed E-state index contributed by atoms with van der Waals surface area (Å²) in [5, 5.41) is 0. The molecule has 1 aromatic carbocycles. The van der Waals surface area contributed by atoms with Gasteiger partial charge in [-0.05, 0) is 24.6 Å². The van der Waals surface area contributed by atoms with Gasteiger partial charge < -0.3 is 0 Å². The molecule has 0 aromatic heterocycles. The molecule has 0 aliphatic heterocycles. The van der Waals surface area contributed by atoms with Crippen LogP contribution in [0.3, 0.4) is 0 Å². The van der Waals surface area contributed by atoms with Crippen LogP contribution in [0.4, 0.5) is 22.0 Å². The topological polar surface area (TPSA) is 0 Å². The number of benzene rings is 1. The molecule has 5 heteroatoms. The Morgan fingerprint density at radius 3 is 1.85 bits per heavy atom. The van der Waals surface area contributed by atoms with E-state index in [9.17, 15) is 22.0 Å². The van der Waals surface area contributed by atoms with Gasteiger partial charge >= 0.3 is 6.18 Å². The second kappa shape index (κ2) is 2.97. The van der Waals surface area contributed by atoms with Gasteiger partial charge in [0, 0.05) is 0 Å². The Bertz CT molecular complexity index is 326. The van der Waals surface area contributed by atoms with Crippen molar-refractivity contribution in [1.29, 1.82) is 0 Å². The van der Waals surface area contributed by atoms with Crippen molar-refractivity contribution in [2.75, 3.05) is 0 Å². The molecule has 0 N–H and O–H groups in total. The van der Waals surface area contributed by atoms with Crippen molar-refractivity contribution in [2.45, 2.75) is 13.1 Å². The Morgan fingerprint density at radius 2 is 1.46 bits per heavy atom. The van der Waals surface area contributed by atoms with Crippen molar-refractivity contribution < 1.29 is 22.0 Å². The number of rotatable bonds is 0. The van der Waals surface area contributed by atoms with Crippen LogP contribution < -0.4 is 0 Å². The highest BCUT2D eigenvalue weighted by Gasteiger charge is 2.36. The molecule has 0 fully saturated rings. The first-order chi connectivity index (χ1) is 5.84. The molecule has 0 heterocycles. The summed E-state index contributed by atoms with van der Waals surface area (Å²) in [6, 6.07) is 1.13. The molecule has 0 spiro atoms. The standard InChI is InChI=1S/C8H5F5/c1-4-5(9)2-3-6(10)7(4)8(11,12)13/h2-3H,1H3. The quantitative estimate of drug-likeness (QED) is 0.558. The molecule has 0 atom stereocenters. The summed E-state index contributed by atoms with van der Waals surface area (Å²) < 4.78 is 61.5. The average molecular weight is 196 g/mol. The summed E-state index contributed by atoms with van der Waals surface area (Å²) in [6.07, 6.45) is -4.85. The van der Waals surface area contributed by atoms with Crippen molar-refractivity contribution >= 4 is 0 Å². The van der Waals surface area contributed by atoms with Gasteiger partial charge in [-0.2, -0.15) is 13.2 Å². The molecule has 0 saturated carbocycles. The highest BCUT2D eigenvalue weighted by atomic mass is 19.4. The molecule has 0 aliphatic carbocycles. The SMILES string of the molecule is Cc1c(F)ccc(F)c1C(F)(F)F. The second-order valence-electron chi connectivity index (χ2n) is 2.53. The molecule has 0 amide bonds. The molecular weight excluding hydrogens is 191 g/mol. The average Bonchev–Trinajstić information content (AvgIpc) is 1.95. The lowest BCUT2D eigenvalue weighted by Gasteiger charge is -2.11. The third-order valence-electron chi connectivity index (χ3n) is 1.63. The van der Waals surface area contributed by atoms with Crippen LogP contribution in [0.15, 0.2) is 12.1 Å². The van der Waals surface area contributed by atoms with Crippen LogP contribution in [0.25, 0.3) is 0 Å². The Hall–Kier alpha value is -1.13. The molecule has 13 heavy (non-hydrogen) atoms. The predicted octanol–water partition coefficient (Wildman–Crippen LogP) is 3.29. The van der Waals surface area contributed by atoms with E-state index in [2.05, 4.69) is 0 Å². The minimum absolute atomic E-state index is 0.463. The molecule has 0 radical (unpaired) electrons. The van der Waals surface area contributed by atoms with Gasteiger partial charge in [0.1, 0.15) is 11.6 Å². The molecule has 0 bridgehead atoms. The summed E-state index contributed by atoms with van der Waals surface area (Å²) in [7, 11) is 0. The molecule has 1 rings (SSSR count). The van der Waals surface area contributed by atoms with Gasteiger partial charge in [0.2, 0.25) is 0 Å². The maximum Gasteiger partial charge on any atom is 0.419 e. The molecule has 1 aromatic rings. The molecular formula is C8H5F5. The first-order valence-corrected chi connectivity index (χ1v) is 3.36. The Labute approximate surface area is 71.0 Å². The summed E-state index contributed by atoms with van der Waals surface area (Å²) >= 11 is 0. The zero-order valence-corrected chi connectivity index (χ0v) is 6.54. The van der Waals surface area contributed by atoms with Crippen LogP contribution in [-0.2, 0) is 6.18 Å². The normalized spacial score (nSPS) is 11.8. The van der Waals surface area contributed by atoms with E-state index in [1.54, 1.807) is 0 Å². The van der Waals surface area contributed by atoms with Gasteiger partial charge in [-0.1, -0.05) is 0 Å². The first-order valence-electron chi connectivity index (χ1n) is 3.36. The Morgan fingerprint density at radius 1 is 1.00 bits per heavy atom. The van der Waals surface area contributed by atoms with E-state index in [1.807, 2.05) is 0 Å². The van der Waals surface area contributed by atoms with Gasteiger partial charge in [0.15, 0.2) is 0 Å². The van der Waals surface area contributed by atoms with Crippen molar-refractivity contribution in [3.63, 3.8) is 0 Å². The molecule has 0 nitrogen and oxygen atoms in total. The smallest absolute Gasteiger partial charge is 0.207 e. The number of hydrogen-bond acceptors (Lipinski definition) is 0. The van der Waals surface area contributed by atoms with E-state index in [-0.39, 0.29) is 0 Å². The first kappa shape index (κ1) is 9.95. The van der Waals surface area contributed by atoms with Crippen LogP contribution in [0.5, 0.6) is 0 Å². The van der Waals surface area contributed by atoms with Gasteiger partial charge in [-0.25, -0.2) is 8.78 Å². The lowest BCUT2D eigenvalue weighted by molar-refractivity contribution is -0.140. The zero-order valence-electron chi connectivity index (χ0n) is 6.54. The number of hydrogen-bond donors (Lipinski definition) is 0. The van der Waals surface area contributed by atoms with Gasteiger partial charge in [0.05, 0.1) is 5.56 Å². The van der Waals surface area contributed by atoms with Crippen molar-refractivity contribution in [1.82, 2.24) is 0 Å². The summed E-state index contributed by atoms with van der Waals surface area (Å²) in [4.78, 5) is 0. The zero-order chi connectivity index (χ0) is 10.2. The Kier molecular flexibility index (Phi) is 2.28. The highest BCUT2D eigenvalue weighted by Crippen LogP contribution is 2.34. The van der Waals surface area contributed by atoms with E-state index in [0.29, 0.717) is 12.1 Å². The van der Waals surface area contributed by atoms with Crippen LogP contribution in [0.1, 0.15) is 11.1 Å². The summed E-state index contributed by atoms with van der Waals surface area (Å²) in [5.74, 6) is -2.51. The van der Waals surface area contributed by atoms with E-state index >= 15 is 0 Å². The third-order valence-corrected chi connectivity index (χ3v) is 1.63. The summed E-state index contributed by atoms with van der Waals surface area (Å²) in [6.45, 7) is 0.890. The number of halogens is 5. The van der Waals surface area contributed by atoms with E-state index in [4.69, 9.17) is 0 Å². The van der Waals surface area contributed by atoms with E-state index in [0.717, 1.165) is 6.92 Å². The van der Waals surface area contributed by atoms with Gasteiger partial charge in [0.25, 0.3) is 0 Å². The van der Waals surface area contributed by atoms with Crippen LogP contribution in [-0.4, -0.2) is 0 Å². The fourth-order valence-corrected chi connectivity index (χ4v) is 1.00. The second-order valence-corrected chi connectivity index (χ2v) is 2.53. The number of alkyl halides is 3. The molecule has 0 aliphatic rings. The molecule has 0 saturated heterocycles. The van der Waals surface area contributed by atoms with Crippen LogP contribution >= 0.6 is 0 Å². The lowest BCUT2D eigenvalue weighted by atomic mass is 10.1. The van der Waals surface area contributed by atoms with Gasteiger partial charge in [-0.15, -0.1) is 0 Å². The maximum atomic E-state index is 12.6. The van der Waals surface area contributed by atoms with Crippen LogP contribution in [0, 0.1) is 18.6 Å².